The lowest BCUT2D eigenvalue weighted by Gasteiger charge is -2.40. The van der Waals surface area contributed by atoms with Crippen LogP contribution in [-0.2, 0) is 14.4 Å². The van der Waals surface area contributed by atoms with Gasteiger partial charge >= 0.3 is 0 Å². The fourth-order valence-electron chi connectivity index (χ4n) is 4.43. The molecule has 8 heteroatoms. The van der Waals surface area contributed by atoms with E-state index in [4.69, 9.17) is 0 Å². The molecule has 188 valence electrons. The second-order valence-electron chi connectivity index (χ2n) is 10.0. The van der Waals surface area contributed by atoms with Gasteiger partial charge in [0.1, 0.15) is 17.7 Å². The highest BCUT2D eigenvalue weighted by Gasteiger charge is 2.37. The molecule has 1 atom stereocenters. The Balaban J connectivity index is 1.86. The van der Waals surface area contributed by atoms with E-state index in [0.717, 1.165) is 32.1 Å². The normalized spacial score (nSPS) is 15.2. The van der Waals surface area contributed by atoms with Crippen molar-refractivity contribution in [2.24, 2.45) is 0 Å². The monoisotopic (exact) mass is 482 g/mol. The number of aromatic nitrogens is 1. The molecular formula is C27H35FN4O3. The molecule has 0 bridgehead atoms. The lowest BCUT2D eigenvalue weighted by molar-refractivity contribution is -0.145. The molecule has 0 spiro atoms. The van der Waals surface area contributed by atoms with Gasteiger partial charge < -0.3 is 15.5 Å². The van der Waals surface area contributed by atoms with Crippen LogP contribution in [0, 0.1) is 5.82 Å². The van der Waals surface area contributed by atoms with Crippen LogP contribution in [0.4, 0.5) is 10.2 Å². The van der Waals surface area contributed by atoms with E-state index < -0.39 is 17.4 Å². The largest absolute Gasteiger partial charge is 0.349 e. The molecule has 1 aliphatic carbocycles. The smallest absolute Gasteiger partial charge is 0.247 e. The average molecular weight is 483 g/mol. The third kappa shape index (κ3) is 7.87. The van der Waals surface area contributed by atoms with Gasteiger partial charge in [-0.25, -0.2) is 9.37 Å². The number of nitrogens with zero attached hydrogens (tertiary/aromatic N) is 2. The lowest BCUT2D eigenvalue weighted by atomic mass is 9.90. The van der Waals surface area contributed by atoms with Crippen molar-refractivity contribution in [1.29, 1.82) is 0 Å². The zero-order chi connectivity index (χ0) is 25.4. The van der Waals surface area contributed by atoms with Gasteiger partial charge in [-0.1, -0.05) is 37.5 Å². The van der Waals surface area contributed by atoms with E-state index in [9.17, 15) is 18.8 Å². The number of anilines is 1. The highest BCUT2D eigenvalue weighted by atomic mass is 19.1. The first-order valence-electron chi connectivity index (χ1n) is 12.2. The molecule has 3 rings (SSSR count). The second-order valence-corrected chi connectivity index (χ2v) is 10.0. The summed E-state index contributed by atoms with van der Waals surface area (Å²) in [6, 6.07) is 9.86. The van der Waals surface area contributed by atoms with Crippen LogP contribution in [0.2, 0.25) is 0 Å². The molecule has 0 saturated heterocycles. The molecule has 0 aliphatic heterocycles. The van der Waals surface area contributed by atoms with Crippen LogP contribution in [0.25, 0.3) is 0 Å². The fraction of sp³-hybridized carbons (Fsp3) is 0.481. The standard InChI is InChI=1S/C27H35FN4O3/c1-27(2,3)31-26(35)25(19-12-14-20(28)15-13-19)32(21-9-5-4-6-10-21)24(34)17-16-23(33)30-22-11-7-8-18-29-22/h7-8,11-15,18,21,25H,4-6,9-10,16-17H2,1-3H3,(H,31,35)(H,29,30,33)/t25-/m0/s1. The van der Waals surface area contributed by atoms with E-state index in [0.29, 0.717) is 11.4 Å². The number of hydrogen-bond donors (Lipinski definition) is 2. The summed E-state index contributed by atoms with van der Waals surface area (Å²) < 4.78 is 13.7. The van der Waals surface area contributed by atoms with Crippen molar-refractivity contribution in [3.8, 4) is 0 Å². The number of rotatable bonds is 8. The zero-order valence-corrected chi connectivity index (χ0v) is 20.7. The maximum absolute atomic E-state index is 13.7. The first kappa shape index (κ1) is 26.3. The summed E-state index contributed by atoms with van der Waals surface area (Å²) in [7, 11) is 0. The molecule has 1 aromatic heterocycles. The van der Waals surface area contributed by atoms with Gasteiger partial charge in [0.15, 0.2) is 0 Å². The number of halogens is 1. The summed E-state index contributed by atoms with van der Waals surface area (Å²) in [4.78, 5) is 45.3. The summed E-state index contributed by atoms with van der Waals surface area (Å²) in [5, 5.41) is 5.69. The molecule has 35 heavy (non-hydrogen) atoms. The fourth-order valence-corrected chi connectivity index (χ4v) is 4.43. The molecule has 1 aromatic carbocycles. The SMILES string of the molecule is CC(C)(C)NC(=O)[C@H](c1ccc(F)cc1)N(C(=O)CCC(=O)Nc1ccccn1)C1CCCCC1. The Morgan fingerprint density at radius 3 is 2.31 bits per heavy atom. The number of nitrogens with one attached hydrogen (secondary N) is 2. The van der Waals surface area contributed by atoms with E-state index >= 15 is 0 Å². The van der Waals surface area contributed by atoms with Crippen molar-refractivity contribution < 1.29 is 18.8 Å². The number of amides is 3. The third-order valence-electron chi connectivity index (χ3n) is 5.96. The van der Waals surface area contributed by atoms with Gasteiger partial charge in [0, 0.05) is 30.6 Å². The van der Waals surface area contributed by atoms with Crippen molar-refractivity contribution >= 4 is 23.5 Å². The number of benzene rings is 1. The summed E-state index contributed by atoms with van der Waals surface area (Å²) in [5.41, 5.74) is 0.0316. The third-order valence-corrected chi connectivity index (χ3v) is 5.96. The van der Waals surface area contributed by atoms with Gasteiger partial charge in [0.25, 0.3) is 0 Å². The van der Waals surface area contributed by atoms with Crippen molar-refractivity contribution in [1.82, 2.24) is 15.2 Å². The van der Waals surface area contributed by atoms with Crippen molar-refractivity contribution in [3.63, 3.8) is 0 Å². The molecule has 3 amide bonds. The molecule has 1 aliphatic rings. The molecule has 1 saturated carbocycles. The summed E-state index contributed by atoms with van der Waals surface area (Å²) in [5.74, 6) is -0.904. The van der Waals surface area contributed by atoms with Crippen molar-refractivity contribution in [2.45, 2.75) is 83.3 Å². The number of carbonyl (C=O) groups excluding carboxylic acids is 3. The van der Waals surface area contributed by atoms with Crippen LogP contribution < -0.4 is 10.6 Å². The quantitative estimate of drug-likeness (QED) is 0.568. The highest BCUT2D eigenvalue weighted by molar-refractivity contribution is 5.94. The number of hydrogen-bond acceptors (Lipinski definition) is 4. The van der Waals surface area contributed by atoms with Crippen LogP contribution in [0.15, 0.2) is 48.7 Å². The summed E-state index contributed by atoms with van der Waals surface area (Å²) >= 11 is 0. The lowest BCUT2D eigenvalue weighted by Crippen LogP contribution is -2.52. The highest BCUT2D eigenvalue weighted by Crippen LogP contribution is 2.32. The minimum atomic E-state index is -0.913. The second kappa shape index (κ2) is 11.9. The minimum Gasteiger partial charge on any atom is -0.349 e. The molecule has 0 unspecified atom stereocenters. The van der Waals surface area contributed by atoms with Crippen LogP contribution in [0.5, 0.6) is 0 Å². The van der Waals surface area contributed by atoms with E-state index in [1.54, 1.807) is 41.4 Å². The summed E-state index contributed by atoms with van der Waals surface area (Å²) in [6.07, 6.45) is 6.08. The minimum absolute atomic E-state index is 0.0321. The molecule has 7 nitrogen and oxygen atoms in total. The van der Waals surface area contributed by atoms with Gasteiger partial charge in [0.05, 0.1) is 0 Å². The Bertz CT molecular complexity index is 999. The van der Waals surface area contributed by atoms with E-state index in [-0.39, 0.29) is 36.6 Å². The van der Waals surface area contributed by atoms with Crippen LogP contribution in [0.1, 0.15) is 77.3 Å². The Labute approximate surface area is 206 Å². The van der Waals surface area contributed by atoms with E-state index in [2.05, 4.69) is 15.6 Å². The maximum Gasteiger partial charge on any atom is 0.247 e. The van der Waals surface area contributed by atoms with Crippen molar-refractivity contribution in [2.75, 3.05) is 5.32 Å². The van der Waals surface area contributed by atoms with Gasteiger partial charge in [-0.3, -0.25) is 14.4 Å². The Morgan fingerprint density at radius 1 is 1.03 bits per heavy atom. The Kier molecular flexibility index (Phi) is 8.95. The van der Waals surface area contributed by atoms with Crippen molar-refractivity contribution in [3.05, 3.63) is 60.0 Å². The Hall–Kier alpha value is -3.29. The molecule has 1 fully saturated rings. The van der Waals surface area contributed by atoms with Crippen LogP contribution >= 0.6 is 0 Å². The molecule has 0 radical (unpaired) electrons. The molecule has 2 N–H and O–H groups in total. The van der Waals surface area contributed by atoms with Gasteiger partial charge in [-0.05, 0) is 63.4 Å². The average Bonchev–Trinajstić information content (AvgIpc) is 2.82. The number of pyridine rings is 1. The maximum atomic E-state index is 13.7. The zero-order valence-electron chi connectivity index (χ0n) is 20.7. The Morgan fingerprint density at radius 2 is 1.71 bits per heavy atom. The van der Waals surface area contributed by atoms with Crippen LogP contribution in [0.3, 0.4) is 0 Å². The van der Waals surface area contributed by atoms with E-state index in [1.807, 2.05) is 20.8 Å². The first-order chi connectivity index (χ1) is 16.6. The molecular weight excluding hydrogens is 447 g/mol. The van der Waals surface area contributed by atoms with Gasteiger partial charge in [-0.15, -0.1) is 0 Å². The summed E-state index contributed by atoms with van der Waals surface area (Å²) in [6.45, 7) is 5.63. The molecule has 2 aromatic rings. The van der Waals surface area contributed by atoms with Gasteiger partial charge in [0.2, 0.25) is 17.7 Å². The van der Waals surface area contributed by atoms with Gasteiger partial charge in [-0.2, -0.15) is 0 Å². The topological polar surface area (TPSA) is 91.4 Å². The number of carbonyl (C=O) groups is 3. The van der Waals surface area contributed by atoms with E-state index in [1.165, 1.54) is 12.1 Å². The molecule has 1 heterocycles. The van der Waals surface area contributed by atoms with Crippen LogP contribution in [-0.4, -0.2) is 39.2 Å². The first-order valence-corrected chi connectivity index (χ1v) is 12.2. The predicted molar refractivity (Wildman–Crippen MR) is 133 cm³/mol. The predicted octanol–water partition coefficient (Wildman–Crippen LogP) is 4.76.